The minimum absolute atomic E-state index is 0.247. The molecule has 0 bridgehead atoms. The van der Waals surface area contributed by atoms with Crippen molar-refractivity contribution in [2.45, 2.75) is 37.5 Å². The summed E-state index contributed by atoms with van der Waals surface area (Å²) in [6.45, 7) is 2.86. The van der Waals surface area contributed by atoms with E-state index in [0.717, 1.165) is 25.7 Å². The SMILES string of the molecule is Cc1ccc(NC(=O)/C=C/c2ccco2)cc1S(=O)(=O)N1CCCCCC1. The fraction of sp³-hybridized carbons (Fsp3) is 0.350. The van der Waals surface area contributed by atoms with Crippen molar-refractivity contribution >= 4 is 27.7 Å². The Morgan fingerprint density at radius 2 is 1.89 bits per heavy atom. The minimum Gasteiger partial charge on any atom is -0.465 e. The third-order valence-corrected chi connectivity index (χ3v) is 6.62. The average Bonchev–Trinajstić information content (AvgIpc) is 3.01. The van der Waals surface area contributed by atoms with Crippen LogP contribution in [0, 0.1) is 6.92 Å². The molecule has 0 atom stereocenters. The van der Waals surface area contributed by atoms with Gasteiger partial charge in [-0.3, -0.25) is 4.79 Å². The Bertz CT molecular complexity index is 909. The highest BCUT2D eigenvalue weighted by molar-refractivity contribution is 7.89. The highest BCUT2D eigenvalue weighted by atomic mass is 32.2. The van der Waals surface area contributed by atoms with Gasteiger partial charge in [0.25, 0.3) is 0 Å². The average molecular weight is 388 g/mol. The van der Waals surface area contributed by atoms with Crippen molar-refractivity contribution in [3.63, 3.8) is 0 Å². The van der Waals surface area contributed by atoms with Crippen molar-refractivity contribution in [2.24, 2.45) is 0 Å². The van der Waals surface area contributed by atoms with Crippen LogP contribution in [-0.2, 0) is 14.8 Å². The van der Waals surface area contributed by atoms with E-state index in [0.29, 0.717) is 30.1 Å². The van der Waals surface area contributed by atoms with Crippen LogP contribution in [0.15, 0.2) is 52.0 Å². The highest BCUT2D eigenvalue weighted by Crippen LogP contribution is 2.25. The molecule has 2 aromatic rings. The first-order valence-electron chi connectivity index (χ1n) is 9.10. The topological polar surface area (TPSA) is 79.6 Å². The summed E-state index contributed by atoms with van der Waals surface area (Å²) in [7, 11) is -3.57. The van der Waals surface area contributed by atoms with Gasteiger partial charge in [-0.25, -0.2) is 8.42 Å². The fourth-order valence-electron chi connectivity index (χ4n) is 3.10. The number of nitrogens with one attached hydrogen (secondary N) is 1. The number of carbonyl (C=O) groups excluding carboxylic acids is 1. The van der Waals surface area contributed by atoms with E-state index in [1.165, 1.54) is 18.4 Å². The molecule has 1 aromatic carbocycles. The molecule has 0 spiro atoms. The molecule has 1 aromatic heterocycles. The van der Waals surface area contributed by atoms with Gasteiger partial charge in [-0.05, 0) is 55.7 Å². The smallest absolute Gasteiger partial charge is 0.248 e. The molecule has 27 heavy (non-hydrogen) atoms. The van der Waals surface area contributed by atoms with Crippen molar-refractivity contribution in [1.29, 1.82) is 0 Å². The summed E-state index contributed by atoms with van der Waals surface area (Å²) < 4.78 is 32.8. The largest absolute Gasteiger partial charge is 0.465 e. The van der Waals surface area contributed by atoms with E-state index < -0.39 is 10.0 Å². The van der Waals surface area contributed by atoms with Crippen LogP contribution in [0.4, 0.5) is 5.69 Å². The minimum atomic E-state index is -3.57. The lowest BCUT2D eigenvalue weighted by atomic mass is 10.2. The number of hydrogen-bond donors (Lipinski definition) is 1. The van der Waals surface area contributed by atoms with Crippen LogP contribution in [0.2, 0.25) is 0 Å². The summed E-state index contributed by atoms with van der Waals surface area (Å²) in [6.07, 6.45) is 8.31. The quantitative estimate of drug-likeness (QED) is 0.790. The van der Waals surface area contributed by atoms with Gasteiger partial charge >= 0.3 is 0 Å². The molecule has 1 N–H and O–H groups in total. The summed E-state index contributed by atoms with van der Waals surface area (Å²) in [4.78, 5) is 12.3. The normalized spacial score (nSPS) is 16.3. The van der Waals surface area contributed by atoms with Gasteiger partial charge in [-0.1, -0.05) is 18.9 Å². The van der Waals surface area contributed by atoms with Crippen LogP contribution in [0.5, 0.6) is 0 Å². The predicted molar refractivity (Wildman–Crippen MR) is 105 cm³/mol. The zero-order chi connectivity index (χ0) is 19.3. The highest BCUT2D eigenvalue weighted by Gasteiger charge is 2.27. The van der Waals surface area contributed by atoms with Gasteiger partial charge in [0.05, 0.1) is 11.2 Å². The Morgan fingerprint density at radius 3 is 2.56 bits per heavy atom. The van der Waals surface area contributed by atoms with Crippen LogP contribution in [0.25, 0.3) is 6.08 Å². The zero-order valence-corrected chi connectivity index (χ0v) is 16.2. The summed E-state index contributed by atoms with van der Waals surface area (Å²) in [5.41, 5.74) is 1.12. The standard InChI is InChI=1S/C20H24N2O4S/c1-16-8-9-17(21-20(23)11-10-18-7-6-14-26-18)15-19(16)27(24,25)22-12-4-2-3-5-13-22/h6-11,14-15H,2-5,12-13H2,1H3,(H,21,23)/b11-10+. The van der Waals surface area contributed by atoms with E-state index in [1.807, 2.05) is 0 Å². The fourth-order valence-corrected chi connectivity index (χ4v) is 4.87. The molecule has 7 heteroatoms. The number of sulfonamides is 1. The lowest BCUT2D eigenvalue weighted by Gasteiger charge is -2.21. The first-order valence-corrected chi connectivity index (χ1v) is 10.5. The third kappa shape index (κ3) is 4.87. The molecular formula is C20H24N2O4S. The molecule has 0 radical (unpaired) electrons. The van der Waals surface area contributed by atoms with Crippen LogP contribution < -0.4 is 5.32 Å². The van der Waals surface area contributed by atoms with Crippen molar-refractivity contribution < 1.29 is 17.6 Å². The first kappa shape index (κ1) is 19.4. The maximum Gasteiger partial charge on any atom is 0.248 e. The van der Waals surface area contributed by atoms with Crippen LogP contribution in [0.3, 0.4) is 0 Å². The lowest BCUT2D eigenvalue weighted by molar-refractivity contribution is -0.111. The molecule has 3 rings (SSSR count). The van der Waals surface area contributed by atoms with Gasteiger partial charge in [0.2, 0.25) is 15.9 Å². The lowest BCUT2D eigenvalue weighted by Crippen LogP contribution is -2.32. The molecule has 144 valence electrons. The summed E-state index contributed by atoms with van der Waals surface area (Å²) in [5.74, 6) is 0.215. The summed E-state index contributed by atoms with van der Waals surface area (Å²) in [5, 5.41) is 2.71. The second kappa shape index (κ2) is 8.54. The number of furan rings is 1. The van der Waals surface area contributed by atoms with Gasteiger partial charge in [0.15, 0.2) is 0 Å². The van der Waals surface area contributed by atoms with E-state index in [4.69, 9.17) is 4.42 Å². The van der Waals surface area contributed by atoms with Crippen LogP contribution in [0.1, 0.15) is 37.0 Å². The molecule has 0 saturated carbocycles. The second-order valence-corrected chi connectivity index (χ2v) is 8.54. The number of aryl methyl sites for hydroxylation is 1. The molecule has 1 aliphatic rings. The van der Waals surface area contributed by atoms with Crippen LogP contribution in [-0.4, -0.2) is 31.7 Å². The Hall–Kier alpha value is -2.38. The molecular weight excluding hydrogens is 364 g/mol. The maximum atomic E-state index is 13.1. The number of rotatable bonds is 5. The number of anilines is 1. The van der Waals surface area contributed by atoms with Crippen molar-refractivity contribution in [1.82, 2.24) is 4.31 Å². The number of benzene rings is 1. The molecule has 1 aliphatic heterocycles. The second-order valence-electron chi connectivity index (χ2n) is 6.64. The van der Waals surface area contributed by atoms with Gasteiger partial charge < -0.3 is 9.73 Å². The Kier molecular flexibility index (Phi) is 6.13. The van der Waals surface area contributed by atoms with Crippen molar-refractivity contribution in [3.05, 3.63) is 54.0 Å². The van der Waals surface area contributed by atoms with E-state index in [2.05, 4.69) is 5.32 Å². The summed E-state index contributed by atoms with van der Waals surface area (Å²) >= 11 is 0. The number of nitrogens with zero attached hydrogens (tertiary/aromatic N) is 1. The molecule has 0 aliphatic carbocycles. The van der Waals surface area contributed by atoms with E-state index in [-0.39, 0.29) is 10.8 Å². The summed E-state index contributed by atoms with van der Waals surface area (Å²) in [6, 6.07) is 8.43. The van der Waals surface area contributed by atoms with E-state index in [1.54, 1.807) is 41.6 Å². The Morgan fingerprint density at radius 1 is 1.15 bits per heavy atom. The molecule has 0 unspecified atom stereocenters. The molecule has 6 nitrogen and oxygen atoms in total. The molecule has 1 fully saturated rings. The molecule has 1 saturated heterocycles. The van der Waals surface area contributed by atoms with Gasteiger partial charge in [0.1, 0.15) is 5.76 Å². The molecule has 1 amide bonds. The van der Waals surface area contributed by atoms with Gasteiger partial charge in [0, 0.05) is 24.9 Å². The monoisotopic (exact) mass is 388 g/mol. The van der Waals surface area contributed by atoms with E-state index in [9.17, 15) is 13.2 Å². The Labute approximate surface area is 159 Å². The van der Waals surface area contributed by atoms with Gasteiger partial charge in [-0.15, -0.1) is 0 Å². The predicted octanol–water partition coefficient (Wildman–Crippen LogP) is 3.80. The number of amides is 1. The van der Waals surface area contributed by atoms with E-state index >= 15 is 0 Å². The molecule has 2 heterocycles. The van der Waals surface area contributed by atoms with Crippen molar-refractivity contribution in [2.75, 3.05) is 18.4 Å². The number of carbonyl (C=O) groups is 1. The first-order chi connectivity index (χ1) is 13.0. The zero-order valence-electron chi connectivity index (χ0n) is 15.3. The van der Waals surface area contributed by atoms with Gasteiger partial charge in [-0.2, -0.15) is 4.31 Å². The number of hydrogen-bond acceptors (Lipinski definition) is 4. The third-order valence-electron chi connectivity index (χ3n) is 4.58. The van der Waals surface area contributed by atoms with Crippen molar-refractivity contribution in [3.8, 4) is 0 Å². The van der Waals surface area contributed by atoms with Crippen LogP contribution >= 0.6 is 0 Å². The Balaban J connectivity index is 1.78. The maximum absolute atomic E-state index is 13.1.